The van der Waals surface area contributed by atoms with Crippen molar-refractivity contribution in [2.24, 2.45) is 11.5 Å². The molecule has 0 aliphatic heterocycles. The second-order valence-electron chi connectivity index (χ2n) is 3.70. The van der Waals surface area contributed by atoms with Crippen molar-refractivity contribution >= 4 is 5.91 Å². The van der Waals surface area contributed by atoms with Gasteiger partial charge in [0.15, 0.2) is 0 Å². The molecule has 0 spiro atoms. The fourth-order valence-electron chi connectivity index (χ4n) is 1.87. The fraction of sp³-hybridized carbons (Fsp3) is 0.556. The number of primary amides is 1. The lowest BCUT2D eigenvalue weighted by Gasteiger charge is -2.15. The van der Waals surface area contributed by atoms with E-state index in [1.54, 1.807) is 4.68 Å². The molecular weight excluding hydrogens is 180 g/mol. The van der Waals surface area contributed by atoms with Crippen molar-refractivity contribution in [3.63, 3.8) is 0 Å². The summed E-state index contributed by atoms with van der Waals surface area (Å²) in [5, 5.41) is 4.26. The maximum atomic E-state index is 10.7. The predicted octanol–water partition coefficient (Wildman–Crippen LogP) is -0.296. The Bertz CT molecular complexity index is 358. The molecule has 1 aliphatic carbocycles. The summed E-state index contributed by atoms with van der Waals surface area (Å²) in [5.74, 6) is -0.376. The van der Waals surface area contributed by atoms with Gasteiger partial charge in [-0.25, -0.2) is 0 Å². The highest BCUT2D eigenvalue weighted by Crippen LogP contribution is 2.26. The zero-order chi connectivity index (χ0) is 10.1. The largest absolute Gasteiger partial charge is 0.368 e. The number of fused-ring (bicyclic) bond motifs is 1. The van der Waals surface area contributed by atoms with Crippen LogP contribution in [0.1, 0.15) is 30.1 Å². The average molecular weight is 194 g/mol. The molecule has 1 aromatic heterocycles. The van der Waals surface area contributed by atoms with E-state index in [4.69, 9.17) is 11.5 Å². The average Bonchev–Trinajstić information content (AvgIpc) is 2.47. The Hall–Kier alpha value is -1.36. The second-order valence-corrected chi connectivity index (χ2v) is 3.70. The van der Waals surface area contributed by atoms with Gasteiger partial charge < -0.3 is 11.5 Å². The van der Waals surface area contributed by atoms with Gasteiger partial charge in [-0.2, -0.15) is 5.10 Å². The van der Waals surface area contributed by atoms with Crippen molar-refractivity contribution in [3.05, 3.63) is 17.5 Å². The lowest BCUT2D eigenvalue weighted by Crippen LogP contribution is -2.20. The first-order valence-corrected chi connectivity index (χ1v) is 4.77. The Labute approximate surface area is 82.1 Å². The number of nitrogens with two attached hydrogens (primary N) is 2. The fourth-order valence-corrected chi connectivity index (χ4v) is 1.87. The molecule has 76 valence electrons. The molecule has 5 nitrogen and oxygen atoms in total. The smallest absolute Gasteiger partial charge is 0.239 e. The van der Waals surface area contributed by atoms with Crippen LogP contribution < -0.4 is 11.5 Å². The second kappa shape index (κ2) is 3.42. The van der Waals surface area contributed by atoms with Crippen LogP contribution in [0.5, 0.6) is 0 Å². The molecule has 1 aromatic rings. The Morgan fingerprint density at radius 1 is 1.71 bits per heavy atom. The minimum atomic E-state index is -0.376. The Kier molecular flexibility index (Phi) is 2.25. The molecule has 0 saturated heterocycles. The minimum Gasteiger partial charge on any atom is -0.368 e. The standard InChI is InChI=1S/C9H14N4O/c10-7-3-1-2-6-4-13(5-8(11)14)12-9(6)7/h4,7H,1-3,5,10H2,(H2,11,14). The number of rotatable bonds is 2. The number of hydrogen-bond donors (Lipinski definition) is 2. The summed E-state index contributed by atoms with van der Waals surface area (Å²) in [5.41, 5.74) is 13.1. The SMILES string of the molecule is NC(=O)Cn1cc2c(n1)C(N)CCC2. The maximum absolute atomic E-state index is 10.7. The van der Waals surface area contributed by atoms with Gasteiger partial charge in [0, 0.05) is 12.2 Å². The maximum Gasteiger partial charge on any atom is 0.239 e. The van der Waals surface area contributed by atoms with Crippen LogP contribution in [0, 0.1) is 0 Å². The molecule has 0 radical (unpaired) electrons. The minimum absolute atomic E-state index is 0.0212. The number of aryl methyl sites for hydroxylation is 1. The number of carbonyl (C=O) groups is 1. The molecule has 1 atom stereocenters. The molecule has 1 aliphatic rings. The summed E-state index contributed by atoms with van der Waals surface area (Å²) < 4.78 is 1.58. The van der Waals surface area contributed by atoms with Gasteiger partial charge in [-0.05, 0) is 24.8 Å². The van der Waals surface area contributed by atoms with E-state index in [-0.39, 0.29) is 18.5 Å². The lowest BCUT2D eigenvalue weighted by atomic mass is 9.95. The molecule has 2 rings (SSSR count). The van der Waals surface area contributed by atoms with Crippen LogP contribution in [-0.4, -0.2) is 15.7 Å². The van der Waals surface area contributed by atoms with E-state index in [1.165, 1.54) is 0 Å². The van der Waals surface area contributed by atoms with Gasteiger partial charge in [-0.3, -0.25) is 9.48 Å². The van der Waals surface area contributed by atoms with Gasteiger partial charge in [-0.15, -0.1) is 0 Å². The summed E-state index contributed by atoms with van der Waals surface area (Å²) >= 11 is 0. The molecule has 4 N–H and O–H groups in total. The van der Waals surface area contributed by atoms with Crippen LogP contribution in [0.25, 0.3) is 0 Å². The van der Waals surface area contributed by atoms with Gasteiger partial charge in [0.25, 0.3) is 0 Å². The summed E-state index contributed by atoms with van der Waals surface area (Å²) in [4.78, 5) is 10.7. The molecule has 1 heterocycles. The van der Waals surface area contributed by atoms with Crippen LogP contribution in [0.2, 0.25) is 0 Å². The third-order valence-corrected chi connectivity index (χ3v) is 2.50. The van der Waals surface area contributed by atoms with Crippen LogP contribution in [0.3, 0.4) is 0 Å². The van der Waals surface area contributed by atoms with Crippen molar-refractivity contribution in [1.82, 2.24) is 9.78 Å². The molecule has 0 saturated carbocycles. The zero-order valence-corrected chi connectivity index (χ0v) is 7.94. The van der Waals surface area contributed by atoms with E-state index in [1.807, 2.05) is 6.20 Å². The number of aromatic nitrogens is 2. The Balaban J connectivity index is 2.26. The van der Waals surface area contributed by atoms with Crippen molar-refractivity contribution in [1.29, 1.82) is 0 Å². The summed E-state index contributed by atoms with van der Waals surface area (Å²) in [6.45, 7) is 0.139. The summed E-state index contributed by atoms with van der Waals surface area (Å²) in [6.07, 6.45) is 4.94. The lowest BCUT2D eigenvalue weighted by molar-refractivity contribution is -0.118. The van der Waals surface area contributed by atoms with E-state index in [0.717, 1.165) is 30.5 Å². The first kappa shape index (κ1) is 9.21. The highest BCUT2D eigenvalue weighted by Gasteiger charge is 2.20. The number of carbonyl (C=O) groups excluding carboxylic acids is 1. The molecule has 0 aromatic carbocycles. The van der Waals surface area contributed by atoms with E-state index in [0.29, 0.717) is 0 Å². The van der Waals surface area contributed by atoms with Crippen molar-refractivity contribution in [3.8, 4) is 0 Å². The van der Waals surface area contributed by atoms with Crippen molar-refractivity contribution in [2.45, 2.75) is 31.8 Å². The highest BCUT2D eigenvalue weighted by atomic mass is 16.1. The molecule has 0 fully saturated rings. The first-order chi connectivity index (χ1) is 6.66. The van der Waals surface area contributed by atoms with Crippen molar-refractivity contribution < 1.29 is 4.79 Å². The van der Waals surface area contributed by atoms with Crippen LogP contribution in [0.4, 0.5) is 0 Å². The van der Waals surface area contributed by atoms with Crippen LogP contribution in [-0.2, 0) is 17.8 Å². The number of hydrogen-bond acceptors (Lipinski definition) is 3. The normalized spacial score (nSPS) is 20.5. The summed E-state index contributed by atoms with van der Waals surface area (Å²) in [7, 11) is 0. The monoisotopic (exact) mass is 194 g/mol. The van der Waals surface area contributed by atoms with Gasteiger partial charge >= 0.3 is 0 Å². The Morgan fingerprint density at radius 3 is 3.14 bits per heavy atom. The Morgan fingerprint density at radius 2 is 2.50 bits per heavy atom. The van der Waals surface area contributed by atoms with Crippen LogP contribution >= 0.6 is 0 Å². The van der Waals surface area contributed by atoms with E-state index in [9.17, 15) is 4.79 Å². The van der Waals surface area contributed by atoms with Gasteiger partial charge in [0.1, 0.15) is 6.54 Å². The van der Waals surface area contributed by atoms with Gasteiger partial charge in [-0.1, -0.05) is 0 Å². The van der Waals surface area contributed by atoms with E-state index >= 15 is 0 Å². The molecule has 5 heteroatoms. The molecule has 0 bridgehead atoms. The van der Waals surface area contributed by atoms with E-state index in [2.05, 4.69) is 5.10 Å². The first-order valence-electron chi connectivity index (χ1n) is 4.77. The molecule has 1 amide bonds. The van der Waals surface area contributed by atoms with Gasteiger partial charge in [0.2, 0.25) is 5.91 Å². The van der Waals surface area contributed by atoms with Gasteiger partial charge in [0.05, 0.1) is 5.69 Å². The zero-order valence-electron chi connectivity index (χ0n) is 7.94. The highest BCUT2D eigenvalue weighted by molar-refractivity contribution is 5.73. The number of nitrogens with zero attached hydrogens (tertiary/aromatic N) is 2. The molecule has 14 heavy (non-hydrogen) atoms. The third kappa shape index (κ3) is 1.63. The van der Waals surface area contributed by atoms with Crippen LogP contribution in [0.15, 0.2) is 6.20 Å². The molecule has 1 unspecified atom stereocenters. The number of amides is 1. The molecular formula is C9H14N4O. The predicted molar refractivity (Wildman–Crippen MR) is 51.3 cm³/mol. The summed E-state index contributed by atoms with van der Waals surface area (Å²) in [6, 6.07) is 0.0212. The third-order valence-electron chi connectivity index (χ3n) is 2.50. The quantitative estimate of drug-likeness (QED) is 0.677. The topological polar surface area (TPSA) is 86.9 Å². The van der Waals surface area contributed by atoms with E-state index < -0.39 is 0 Å². The van der Waals surface area contributed by atoms with Crippen molar-refractivity contribution in [2.75, 3.05) is 0 Å².